The molecule has 0 saturated heterocycles. The predicted octanol–water partition coefficient (Wildman–Crippen LogP) is 5.60. The Balaban J connectivity index is 1.50. The number of imide groups is 1. The smallest absolute Gasteiger partial charge is 0.262 e. The lowest BCUT2D eigenvalue weighted by Gasteiger charge is -2.22. The van der Waals surface area contributed by atoms with Gasteiger partial charge in [-0.1, -0.05) is 72.8 Å². The minimum absolute atomic E-state index is 0.256. The highest BCUT2D eigenvalue weighted by Crippen LogP contribution is 2.28. The lowest BCUT2D eigenvalue weighted by atomic mass is 9.98. The van der Waals surface area contributed by atoms with Crippen molar-refractivity contribution in [3.63, 3.8) is 0 Å². The van der Waals surface area contributed by atoms with Crippen molar-refractivity contribution in [1.82, 2.24) is 4.90 Å². The number of benzene rings is 3. The molecule has 4 nitrogen and oxygen atoms in total. The average molecular weight is 444 g/mol. The van der Waals surface area contributed by atoms with E-state index < -0.39 is 23.7 Å². The summed E-state index contributed by atoms with van der Waals surface area (Å²) in [6.45, 7) is 2.28. The van der Waals surface area contributed by atoms with Gasteiger partial charge in [0.2, 0.25) is 0 Å². The zero-order valence-electron chi connectivity index (χ0n) is 18.5. The van der Waals surface area contributed by atoms with E-state index in [1.54, 1.807) is 24.3 Å². The zero-order valence-corrected chi connectivity index (χ0v) is 18.5. The van der Waals surface area contributed by atoms with Crippen LogP contribution in [0.25, 0.3) is 0 Å². The highest BCUT2D eigenvalue weighted by Gasteiger charge is 2.39. The summed E-state index contributed by atoms with van der Waals surface area (Å²) in [5.41, 5.74) is 2.73. The molecular formula is C28H26FNO3. The highest BCUT2D eigenvalue weighted by molar-refractivity contribution is 6.21. The van der Waals surface area contributed by atoms with Crippen LogP contribution in [0.1, 0.15) is 38.8 Å². The van der Waals surface area contributed by atoms with Crippen molar-refractivity contribution in [2.45, 2.75) is 26.0 Å². The van der Waals surface area contributed by atoms with Crippen LogP contribution in [0.4, 0.5) is 4.39 Å². The van der Waals surface area contributed by atoms with Crippen molar-refractivity contribution < 1.29 is 18.7 Å². The van der Waals surface area contributed by atoms with Gasteiger partial charge in [-0.25, -0.2) is 4.39 Å². The van der Waals surface area contributed by atoms with Gasteiger partial charge in [-0.2, -0.15) is 0 Å². The molecule has 2 atom stereocenters. The molecule has 0 bridgehead atoms. The number of carbonyl (C=O) groups excluding carboxylic acids is 2. The first kappa shape index (κ1) is 22.6. The van der Waals surface area contributed by atoms with Crippen LogP contribution in [-0.2, 0) is 17.8 Å². The summed E-state index contributed by atoms with van der Waals surface area (Å²) >= 11 is 0. The summed E-state index contributed by atoms with van der Waals surface area (Å²) in [7, 11) is 0. The van der Waals surface area contributed by atoms with E-state index in [1.807, 2.05) is 60.7 Å². The third kappa shape index (κ3) is 5.26. The van der Waals surface area contributed by atoms with Crippen LogP contribution in [0.2, 0.25) is 0 Å². The summed E-state index contributed by atoms with van der Waals surface area (Å²) in [5, 5.41) is 0. The van der Waals surface area contributed by atoms with Crippen molar-refractivity contribution >= 4 is 11.8 Å². The van der Waals surface area contributed by atoms with E-state index >= 15 is 4.39 Å². The van der Waals surface area contributed by atoms with E-state index in [2.05, 4.69) is 0 Å². The molecule has 2 amide bonds. The predicted molar refractivity (Wildman–Crippen MR) is 125 cm³/mol. The van der Waals surface area contributed by atoms with Crippen molar-refractivity contribution in [2.75, 3.05) is 6.61 Å². The highest BCUT2D eigenvalue weighted by atomic mass is 19.1. The standard InChI is InChI=1S/C28H26FNO3/c1-20(30-27(31)24-14-8-9-15-25(24)28(30)32)26(29)17-23(16-21-10-4-2-5-11-21)19-33-18-22-12-6-3-7-13-22/h2-15,17,20,23H,16,18-19H2,1H3/b26-17-. The fourth-order valence-corrected chi connectivity index (χ4v) is 4.03. The minimum Gasteiger partial charge on any atom is -0.376 e. The van der Waals surface area contributed by atoms with Crippen molar-refractivity contribution in [3.05, 3.63) is 119 Å². The quantitative estimate of drug-likeness (QED) is 0.405. The van der Waals surface area contributed by atoms with E-state index in [4.69, 9.17) is 4.74 Å². The molecular weight excluding hydrogens is 417 g/mol. The molecule has 0 saturated carbocycles. The molecule has 0 fully saturated rings. The summed E-state index contributed by atoms with van der Waals surface area (Å²) in [4.78, 5) is 26.5. The second-order valence-corrected chi connectivity index (χ2v) is 8.20. The molecule has 5 heteroatoms. The molecule has 2 unspecified atom stereocenters. The summed E-state index contributed by atoms with van der Waals surface area (Å²) in [6.07, 6.45) is 2.07. The molecule has 4 rings (SSSR count). The van der Waals surface area contributed by atoms with Gasteiger partial charge in [-0.15, -0.1) is 0 Å². The van der Waals surface area contributed by atoms with E-state index in [0.29, 0.717) is 30.8 Å². The fourth-order valence-electron chi connectivity index (χ4n) is 4.03. The molecule has 0 N–H and O–H groups in total. The number of nitrogens with zero attached hydrogens (tertiary/aromatic N) is 1. The van der Waals surface area contributed by atoms with Crippen LogP contribution in [0, 0.1) is 5.92 Å². The number of hydrogen-bond acceptors (Lipinski definition) is 3. The van der Waals surface area contributed by atoms with E-state index in [-0.39, 0.29) is 5.92 Å². The lowest BCUT2D eigenvalue weighted by molar-refractivity contribution is 0.0602. The average Bonchev–Trinajstić information content (AvgIpc) is 3.10. The topological polar surface area (TPSA) is 46.6 Å². The van der Waals surface area contributed by atoms with Gasteiger partial charge in [0, 0.05) is 5.92 Å². The minimum atomic E-state index is -0.996. The third-order valence-electron chi connectivity index (χ3n) is 5.79. The van der Waals surface area contributed by atoms with Crippen LogP contribution in [0.3, 0.4) is 0 Å². The van der Waals surface area contributed by atoms with E-state index in [0.717, 1.165) is 16.0 Å². The Morgan fingerprint density at radius 3 is 1.94 bits per heavy atom. The summed E-state index contributed by atoms with van der Waals surface area (Å²) in [5.74, 6) is -1.71. The van der Waals surface area contributed by atoms with Gasteiger partial charge in [0.25, 0.3) is 11.8 Å². The molecule has 1 aliphatic heterocycles. The first-order chi connectivity index (χ1) is 16.0. The van der Waals surface area contributed by atoms with Crippen LogP contribution in [-0.4, -0.2) is 29.4 Å². The molecule has 1 heterocycles. The maximum absolute atomic E-state index is 15.4. The number of rotatable bonds is 9. The SMILES string of the molecule is CC(/C(F)=C/C(COCc1ccccc1)Cc1ccccc1)N1C(=O)c2ccccc2C1=O. The number of fused-ring (bicyclic) bond motifs is 1. The van der Waals surface area contributed by atoms with Crippen LogP contribution in [0.15, 0.2) is 96.8 Å². The van der Waals surface area contributed by atoms with Crippen molar-refractivity contribution in [3.8, 4) is 0 Å². The van der Waals surface area contributed by atoms with E-state index in [1.165, 1.54) is 13.0 Å². The van der Waals surface area contributed by atoms with Crippen LogP contribution in [0.5, 0.6) is 0 Å². The number of amides is 2. The molecule has 0 aliphatic carbocycles. The first-order valence-electron chi connectivity index (χ1n) is 11.0. The Morgan fingerprint density at radius 2 is 1.36 bits per heavy atom. The third-order valence-corrected chi connectivity index (χ3v) is 5.79. The fraction of sp³-hybridized carbons (Fsp3) is 0.214. The normalized spacial score (nSPS) is 15.5. The molecule has 0 spiro atoms. The molecule has 1 aliphatic rings. The molecule has 168 valence electrons. The van der Waals surface area contributed by atoms with Gasteiger partial charge in [-0.3, -0.25) is 14.5 Å². The van der Waals surface area contributed by atoms with Gasteiger partial charge < -0.3 is 4.74 Å². The summed E-state index contributed by atoms with van der Waals surface area (Å²) < 4.78 is 21.3. The molecule has 3 aromatic carbocycles. The second-order valence-electron chi connectivity index (χ2n) is 8.20. The largest absolute Gasteiger partial charge is 0.376 e. The Hall–Kier alpha value is -3.57. The molecule has 33 heavy (non-hydrogen) atoms. The molecule has 0 radical (unpaired) electrons. The van der Waals surface area contributed by atoms with Gasteiger partial charge in [0.1, 0.15) is 5.83 Å². The van der Waals surface area contributed by atoms with Crippen LogP contribution >= 0.6 is 0 Å². The van der Waals surface area contributed by atoms with Gasteiger partial charge in [0.15, 0.2) is 0 Å². The second kappa shape index (κ2) is 10.4. The Kier molecular flexibility index (Phi) is 7.10. The van der Waals surface area contributed by atoms with Gasteiger partial charge in [0.05, 0.1) is 30.4 Å². The van der Waals surface area contributed by atoms with E-state index in [9.17, 15) is 9.59 Å². The van der Waals surface area contributed by atoms with Gasteiger partial charge in [-0.05, 0) is 42.7 Å². The first-order valence-corrected chi connectivity index (χ1v) is 11.0. The summed E-state index contributed by atoms with van der Waals surface area (Å²) in [6, 6.07) is 25.2. The number of halogens is 1. The zero-order chi connectivity index (χ0) is 23.2. The maximum atomic E-state index is 15.4. The monoisotopic (exact) mass is 443 g/mol. The number of carbonyl (C=O) groups is 2. The van der Waals surface area contributed by atoms with Crippen LogP contribution < -0.4 is 0 Å². The van der Waals surface area contributed by atoms with Crippen molar-refractivity contribution in [2.24, 2.45) is 5.92 Å². The van der Waals surface area contributed by atoms with Gasteiger partial charge >= 0.3 is 0 Å². The number of hydrogen-bond donors (Lipinski definition) is 0. The molecule has 3 aromatic rings. The van der Waals surface area contributed by atoms with Crippen molar-refractivity contribution in [1.29, 1.82) is 0 Å². The number of ether oxygens (including phenoxy) is 1. The maximum Gasteiger partial charge on any atom is 0.262 e. The Morgan fingerprint density at radius 1 is 0.848 bits per heavy atom. The lowest BCUT2D eigenvalue weighted by Crippen LogP contribution is -2.38. The molecule has 0 aromatic heterocycles. The Bertz CT molecular complexity index is 1110. The Labute approximate surface area is 193 Å².